The molecule has 0 bridgehead atoms. The summed E-state index contributed by atoms with van der Waals surface area (Å²) in [5.74, 6) is 2.59. The molecule has 3 rings (SSSR count). The molecule has 28 heavy (non-hydrogen) atoms. The first-order chi connectivity index (χ1) is 13.3. The minimum Gasteiger partial charge on any atom is -0.493 e. The number of benzene rings is 1. The van der Waals surface area contributed by atoms with Gasteiger partial charge >= 0.3 is 0 Å². The first kappa shape index (κ1) is 23.2. The van der Waals surface area contributed by atoms with Crippen molar-refractivity contribution in [3.63, 3.8) is 0 Å². The fourth-order valence-corrected chi connectivity index (χ4v) is 3.17. The van der Waals surface area contributed by atoms with Crippen molar-refractivity contribution >= 4 is 29.9 Å². The molecule has 1 saturated carbocycles. The molecule has 1 aliphatic heterocycles. The molecule has 6 nitrogen and oxygen atoms in total. The molecule has 1 saturated heterocycles. The van der Waals surface area contributed by atoms with E-state index in [9.17, 15) is 0 Å². The maximum Gasteiger partial charge on any atom is 0.191 e. The minimum atomic E-state index is 0. The zero-order chi connectivity index (χ0) is 18.7. The smallest absolute Gasteiger partial charge is 0.191 e. The second-order valence-electron chi connectivity index (χ2n) is 7.38. The lowest BCUT2D eigenvalue weighted by Gasteiger charge is -2.26. The number of ether oxygens (including phenoxy) is 2. The van der Waals surface area contributed by atoms with Crippen LogP contribution in [0.1, 0.15) is 31.2 Å². The van der Waals surface area contributed by atoms with E-state index < -0.39 is 0 Å². The Morgan fingerprint density at radius 3 is 2.71 bits per heavy atom. The maximum atomic E-state index is 5.98. The predicted octanol–water partition coefficient (Wildman–Crippen LogP) is 2.87. The van der Waals surface area contributed by atoms with Gasteiger partial charge in [0, 0.05) is 38.8 Å². The monoisotopic (exact) mass is 502 g/mol. The van der Waals surface area contributed by atoms with Crippen molar-refractivity contribution < 1.29 is 9.47 Å². The third kappa shape index (κ3) is 8.53. The average Bonchev–Trinajstić information content (AvgIpc) is 3.54. The molecule has 2 aliphatic rings. The summed E-state index contributed by atoms with van der Waals surface area (Å²) in [6.45, 7) is 7.53. The van der Waals surface area contributed by atoms with E-state index >= 15 is 0 Å². The van der Waals surface area contributed by atoms with E-state index in [-0.39, 0.29) is 24.0 Å². The van der Waals surface area contributed by atoms with Crippen molar-refractivity contribution in [2.75, 3.05) is 53.0 Å². The van der Waals surface area contributed by atoms with E-state index in [2.05, 4.69) is 38.7 Å². The second-order valence-corrected chi connectivity index (χ2v) is 7.38. The number of guanidine groups is 1. The van der Waals surface area contributed by atoms with Gasteiger partial charge in [0.2, 0.25) is 0 Å². The molecular weight excluding hydrogens is 467 g/mol. The Kier molecular flexibility index (Phi) is 11.0. The second kappa shape index (κ2) is 13.2. The number of halogens is 1. The molecule has 1 aromatic rings. The van der Waals surface area contributed by atoms with Gasteiger partial charge in [0.05, 0.1) is 19.8 Å². The summed E-state index contributed by atoms with van der Waals surface area (Å²) in [5.41, 5.74) is 1.17. The van der Waals surface area contributed by atoms with Crippen molar-refractivity contribution in [3.8, 4) is 5.75 Å². The van der Waals surface area contributed by atoms with Gasteiger partial charge in [-0.25, -0.2) is 0 Å². The normalized spacial score (nSPS) is 17.7. The Hall–Kier alpha value is -1.06. The quantitative estimate of drug-likeness (QED) is 0.223. The molecule has 0 radical (unpaired) electrons. The summed E-state index contributed by atoms with van der Waals surface area (Å²) < 4.78 is 11.4. The SMILES string of the molecule is CN=C(NCCCCN1CCOCC1)NCc1ccccc1OCC1CC1.I. The number of aliphatic imine (C=N–C) groups is 1. The van der Waals surface area contributed by atoms with E-state index in [4.69, 9.17) is 9.47 Å². The van der Waals surface area contributed by atoms with Crippen molar-refractivity contribution in [2.24, 2.45) is 10.9 Å². The Balaban J connectivity index is 0.00000280. The molecule has 158 valence electrons. The standard InChI is InChI=1S/C21H34N4O2.HI/c1-22-21(23-10-4-5-11-25-12-14-26-15-13-25)24-16-19-6-2-3-7-20(19)27-17-18-8-9-18;/h2-3,6-7,18H,4-5,8-17H2,1H3,(H2,22,23,24);1H. The molecule has 1 aromatic carbocycles. The number of nitrogens with zero attached hydrogens (tertiary/aromatic N) is 2. The van der Waals surface area contributed by atoms with E-state index in [0.29, 0.717) is 6.54 Å². The third-order valence-corrected chi connectivity index (χ3v) is 5.11. The van der Waals surface area contributed by atoms with Crippen LogP contribution in [-0.4, -0.2) is 63.9 Å². The zero-order valence-electron chi connectivity index (χ0n) is 17.0. The molecule has 0 aromatic heterocycles. The van der Waals surface area contributed by atoms with Gasteiger partial charge in [-0.2, -0.15) is 0 Å². The third-order valence-electron chi connectivity index (χ3n) is 5.11. The van der Waals surface area contributed by atoms with Crippen molar-refractivity contribution in [3.05, 3.63) is 29.8 Å². The van der Waals surface area contributed by atoms with E-state index in [1.165, 1.54) is 24.8 Å². The summed E-state index contributed by atoms with van der Waals surface area (Å²) in [6.07, 6.45) is 4.95. The van der Waals surface area contributed by atoms with Crippen molar-refractivity contribution in [2.45, 2.75) is 32.2 Å². The number of morpholine rings is 1. The lowest BCUT2D eigenvalue weighted by molar-refractivity contribution is 0.0372. The lowest BCUT2D eigenvalue weighted by atomic mass is 10.2. The highest BCUT2D eigenvalue weighted by molar-refractivity contribution is 14.0. The Morgan fingerprint density at radius 2 is 1.96 bits per heavy atom. The Bertz CT molecular complexity index is 590. The van der Waals surface area contributed by atoms with Gasteiger partial charge in [-0.05, 0) is 44.2 Å². The number of nitrogens with one attached hydrogen (secondary N) is 2. The first-order valence-electron chi connectivity index (χ1n) is 10.3. The lowest BCUT2D eigenvalue weighted by Crippen LogP contribution is -2.38. The molecule has 7 heteroatoms. The number of para-hydroxylation sites is 1. The van der Waals surface area contributed by atoms with Crippen LogP contribution < -0.4 is 15.4 Å². The van der Waals surface area contributed by atoms with E-state index in [1.807, 2.05) is 13.1 Å². The van der Waals surface area contributed by atoms with Gasteiger partial charge in [0.15, 0.2) is 5.96 Å². The Labute approximate surface area is 186 Å². The highest BCUT2D eigenvalue weighted by Gasteiger charge is 2.22. The van der Waals surface area contributed by atoms with Gasteiger partial charge in [-0.15, -0.1) is 24.0 Å². The summed E-state index contributed by atoms with van der Waals surface area (Å²) >= 11 is 0. The Morgan fingerprint density at radius 1 is 1.18 bits per heavy atom. The molecule has 2 fully saturated rings. The number of hydrogen-bond acceptors (Lipinski definition) is 4. The van der Waals surface area contributed by atoms with Gasteiger partial charge < -0.3 is 20.1 Å². The van der Waals surface area contributed by atoms with Crippen molar-refractivity contribution in [1.82, 2.24) is 15.5 Å². The van der Waals surface area contributed by atoms with Gasteiger partial charge in [0.1, 0.15) is 5.75 Å². The molecule has 0 unspecified atom stereocenters. The van der Waals surface area contributed by atoms with Gasteiger partial charge in [-0.3, -0.25) is 9.89 Å². The first-order valence-corrected chi connectivity index (χ1v) is 10.3. The van der Waals surface area contributed by atoms with Crippen LogP contribution in [0.15, 0.2) is 29.3 Å². The van der Waals surface area contributed by atoms with Crippen LogP contribution in [0.3, 0.4) is 0 Å². The zero-order valence-corrected chi connectivity index (χ0v) is 19.3. The molecule has 1 aliphatic carbocycles. The highest BCUT2D eigenvalue weighted by Crippen LogP contribution is 2.30. The molecule has 0 amide bonds. The number of rotatable bonds is 10. The van der Waals surface area contributed by atoms with E-state index in [0.717, 1.165) is 70.0 Å². The maximum absolute atomic E-state index is 5.98. The molecular formula is C21H35IN4O2. The van der Waals surface area contributed by atoms with Gasteiger partial charge in [0.25, 0.3) is 0 Å². The topological polar surface area (TPSA) is 58.1 Å². The molecule has 2 N–H and O–H groups in total. The van der Waals surface area contributed by atoms with Crippen LogP contribution in [-0.2, 0) is 11.3 Å². The number of unbranched alkanes of at least 4 members (excludes halogenated alkanes) is 1. The molecule has 0 spiro atoms. The van der Waals surface area contributed by atoms with Crippen molar-refractivity contribution in [1.29, 1.82) is 0 Å². The summed E-state index contributed by atoms with van der Waals surface area (Å²) in [4.78, 5) is 6.81. The van der Waals surface area contributed by atoms with Gasteiger partial charge in [-0.1, -0.05) is 18.2 Å². The predicted molar refractivity (Wildman–Crippen MR) is 125 cm³/mol. The molecule has 1 heterocycles. The fourth-order valence-electron chi connectivity index (χ4n) is 3.17. The van der Waals surface area contributed by atoms with Crippen LogP contribution in [0.25, 0.3) is 0 Å². The average molecular weight is 502 g/mol. The largest absolute Gasteiger partial charge is 0.493 e. The summed E-state index contributed by atoms with van der Waals surface area (Å²) in [5, 5.41) is 6.81. The van der Waals surface area contributed by atoms with Crippen LogP contribution >= 0.6 is 24.0 Å². The molecule has 0 atom stereocenters. The summed E-state index contributed by atoms with van der Waals surface area (Å²) in [6, 6.07) is 8.27. The highest BCUT2D eigenvalue weighted by atomic mass is 127. The minimum absolute atomic E-state index is 0. The van der Waals surface area contributed by atoms with E-state index in [1.54, 1.807) is 0 Å². The fraction of sp³-hybridized carbons (Fsp3) is 0.667. The number of hydrogen-bond donors (Lipinski definition) is 2. The van der Waals surface area contributed by atoms with Crippen LogP contribution in [0.5, 0.6) is 5.75 Å². The van der Waals surface area contributed by atoms with Crippen LogP contribution in [0, 0.1) is 5.92 Å². The van der Waals surface area contributed by atoms with Crippen LogP contribution in [0.2, 0.25) is 0 Å². The summed E-state index contributed by atoms with van der Waals surface area (Å²) in [7, 11) is 1.82. The van der Waals surface area contributed by atoms with Crippen LogP contribution in [0.4, 0.5) is 0 Å².